The van der Waals surface area contributed by atoms with Crippen molar-refractivity contribution in [2.24, 2.45) is 10.9 Å². The molecule has 16 heavy (non-hydrogen) atoms. The molecule has 0 saturated carbocycles. The van der Waals surface area contributed by atoms with E-state index in [0.717, 1.165) is 10.3 Å². The Balaban J connectivity index is 2.25. The number of oxime groups is 1. The highest BCUT2D eigenvalue weighted by Gasteiger charge is 2.07. The summed E-state index contributed by atoms with van der Waals surface area (Å²) in [7, 11) is 0. The third-order valence-electron chi connectivity index (χ3n) is 2.15. The van der Waals surface area contributed by atoms with Crippen LogP contribution < -0.4 is 5.73 Å². The van der Waals surface area contributed by atoms with Gasteiger partial charge in [0.1, 0.15) is 0 Å². The molecule has 2 heterocycles. The minimum atomic E-state index is 0.126. The van der Waals surface area contributed by atoms with Crippen LogP contribution >= 0.6 is 27.3 Å². The largest absolute Gasteiger partial charge is 0.409 e. The van der Waals surface area contributed by atoms with E-state index in [4.69, 9.17) is 10.9 Å². The minimum Gasteiger partial charge on any atom is -0.409 e. The number of nitrogens with two attached hydrogens (primary N) is 1. The normalized spacial score (nSPS) is 11.9. The predicted octanol–water partition coefficient (Wildman–Crippen LogP) is 2.45. The maximum atomic E-state index is 8.65. The van der Waals surface area contributed by atoms with Gasteiger partial charge in [-0.2, -0.15) is 0 Å². The van der Waals surface area contributed by atoms with Gasteiger partial charge in [-0.3, -0.25) is 0 Å². The second-order valence-corrected chi connectivity index (χ2v) is 5.76. The number of nitrogens with zero attached hydrogens (tertiary/aromatic N) is 2. The number of amidine groups is 1. The minimum absolute atomic E-state index is 0.126. The molecule has 4 nitrogen and oxygen atoms in total. The summed E-state index contributed by atoms with van der Waals surface area (Å²) >= 11 is 5.08. The van der Waals surface area contributed by atoms with Crippen LogP contribution in [-0.4, -0.2) is 15.6 Å². The number of halogens is 1. The lowest BCUT2D eigenvalue weighted by atomic mass is 10.4. The Morgan fingerprint density at radius 2 is 2.31 bits per heavy atom. The lowest BCUT2D eigenvalue weighted by Gasteiger charge is -2.05. The SMILES string of the molecule is N/C(=N/O)c1cccn1Cc1ccc(Br)s1. The monoisotopic (exact) mass is 299 g/mol. The summed E-state index contributed by atoms with van der Waals surface area (Å²) in [5.74, 6) is 0.126. The van der Waals surface area contributed by atoms with Crippen LogP contribution in [0, 0.1) is 0 Å². The van der Waals surface area contributed by atoms with Gasteiger partial charge >= 0.3 is 0 Å². The van der Waals surface area contributed by atoms with Gasteiger partial charge in [-0.15, -0.1) is 11.3 Å². The van der Waals surface area contributed by atoms with E-state index < -0.39 is 0 Å². The van der Waals surface area contributed by atoms with Crippen LogP contribution in [0.2, 0.25) is 0 Å². The van der Waals surface area contributed by atoms with E-state index in [-0.39, 0.29) is 5.84 Å². The number of rotatable bonds is 3. The molecule has 2 rings (SSSR count). The topological polar surface area (TPSA) is 63.5 Å². The molecule has 0 bridgehead atoms. The van der Waals surface area contributed by atoms with Gasteiger partial charge in [-0.25, -0.2) is 0 Å². The summed E-state index contributed by atoms with van der Waals surface area (Å²) < 4.78 is 3.04. The van der Waals surface area contributed by atoms with E-state index in [1.54, 1.807) is 11.3 Å². The van der Waals surface area contributed by atoms with Gasteiger partial charge in [0.2, 0.25) is 0 Å². The lowest BCUT2D eigenvalue weighted by molar-refractivity contribution is 0.318. The molecule has 0 aliphatic rings. The zero-order valence-electron chi connectivity index (χ0n) is 8.30. The van der Waals surface area contributed by atoms with Crippen molar-refractivity contribution in [1.82, 2.24) is 4.57 Å². The summed E-state index contributed by atoms with van der Waals surface area (Å²) in [5.41, 5.74) is 6.29. The van der Waals surface area contributed by atoms with Crippen molar-refractivity contribution in [2.45, 2.75) is 6.54 Å². The second kappa shape index (κ2) is 4.71. The molecular formula is C10H10BrN3OS. The molecule has 0 saturated heterocycles. The molecule has 0 amide bonds. The molecule has 3 N–H and O–H groups in total. The molecule has 84 valence electrons. The van der Waals surface area contributed by atoms with Crippen molar-refractivity contribution in [3.05, 3.63) is 44.8 Å². The van der Waals surface area contributed by atoms with Gasteiger partial charge in [0.05, 0.1) is 16.0 Å². The van der Waals surface area contributed by atoms with Crippen molar-refractivity contribution >= 4 is 33.1 Å². The standard InChI is InChI=1S/C10H10BrN3OS/c11-9-4-3-7(16-9)6-14-5-1-2-8(14)10(12)13-15/h1-5,15H,6H2,(H2,12,13). The average Bonchev–Trinajstić information content (AvgIpc) is 2.87. The third-order valence-corrected chi connectivity index (χ3v) is 3.76. The van der Waals surface area contributed by atoms with Crippen LogP contribution in [0.25, 0.3) is 0 Å². The molecule has 6 heteroatoms. The molecule has 0 atom stereocenters. The van der Waals surface area contributed by atoms with Crippen molar-refractivity contribution in [2.75, 3.05) is 0 Å². The summed E-state index contributed by atoms with van der Waals surface area (Å²) in [6.07, 6.45) is 1.90. The van der Waals surface area contributed by atoms with Crippen molar-refractivity contribution < 1.29 is 5.21 Å². The Morgan fingerprint density at radius 1 is 1.50 bits per heavy atom. The molecule has 2 aromatic rings. The van der Waals surface area contributed by atoms with E-state index in [1.165, 1.54) is 4.88 Å². The quantitative estimate of drug-likeness (QED) is 0.396. The van der Waals surface area contributed by atoms with Crippen LogP contribution in [0.5, 0.6) is 0 Å². The fraction of sp³-hybridized carbons (Fsp3) is 0.100. The van der Waals surface area contributed by atoms with Crippen molar-refractivity contribution in [3.63, 3.8) is 0 Å². The summed E-state index contributed by atoms with van der Waals surface area (Å²) in [4.78, 5) is 1.20. The number of aromatic nitrogens is 1. The summed E-state index contributed by atoms with van der Waals surface area (Å²) in [6, 6.07) is 7.74. The van der Waals surface area contributed by atoms with Crippen LogP contribution in [0.4, 0.5) is 0 Å². The zero-order valence-corrected chi connectivity index (χ0v) is 10.7. The van der Waals surface area contributed by atoms with E-state index in [2.05, 4.69) is 21.1 Å². The Bertz CT molecular complexity index is 518. The van der Waals surface area contributed by atoms with E-state index in [1.807, 2.05) is 35.0 Å². The smallest absolute Gasteiger partial charge is 0.186 e. The maximum absolute atomic E-state index is 8.65. The van der Waals surface area contributed by atoms with Gasteiger partial charge < -0.3 is 15.5 Å². The third kappa shape index (κ3) is 2.28. The molecule has 0 unspecified atom stereocenters. The van der Waals surface area contributed by atoms with Crippen molar-refractivity contribution in [1.29, 1.82) is 0 Å². The zero-order chi connectivity index (χ0) is 11.5. The van der Waals surface area contributed by atoms with E-state index in [9.17, 15) is 0 Å². The van der Waals surface area contributed by atoms with Gasteiger partial charge in [0.15, 0.2) is 5.84 Å². The fourth-order valence-corrected chi connectivity index (χ4v) is 2.92. The predicted molar refractivity (Wildman–Crippen MR) is 68.1 cm³/mol. The van der Waals surface area contributed by atoms with Crippen LogP contribution in [-0.2, 0) is 6.54 Å². The first-order valence-electron chi connectivity index (χ1n) is 4.58. The van der Waals surface area contributed by atoms with Gasteiger partial charge in [0, 0.05) is 11.1 Å². The Hall–Kier alpha value is -1.27. The first kappa shape index (κ1) is 11.2. The molecule has 0 aliphatic carbocycles. The fourth-order valence-electron chi connectivity index (χ4n) is 1.44. The highest BCUT2D eigenvalue weighted by molar-refractivity contribution is 9.11. The van der Waals surface area contributed by atoms with Gasteiger partial charge in [0.25, 0.3) is 0 Å². The lowest BCUT2D eigenvalue weighted by Crippen LogP contribution is -2.18. The maximum Gasteiger partial charge on any atom is 0.186 e. The van der Waals surface area contributed by atoms with Crippen LogP contribution in [0.1, 0.15) is 10.6 Å². The molecule has 0 aromatic carbocycles. The van der Waals surface area contributed by atoms with Gasteiger partial charge in [-0.1, -0.05) is 5.16 Å². The van der Waals surface area contributed by atoms with Crippen molar-refractivity contribution in [3.8, 4) is 0 Å². The highest BCUT2D eigenvalue weighted by atomic mass is 79.9. The Kier molecular flexibility index (Phi) is 3.31. The molecule has 0 fully saturated rings. The van der Waals surface area contributed by atoms with E-state index in [0.29, 0.717) is 5.69 Å². The highest BCUT2D eigenvalue weighted by Crippen LogP contribution is 2.23. The Morgan fingerprint density at radius 3 is 2.94 bits per heavy atom. The van der Waals surface area contributed by atoms with Crippen LogP contribution in [0.15, 0.2) is 39.4 Å². The first-order chi connectivity index (χ1) is 7.70. The second-order valence-electron chi connectivity index (χ2n) is 3.21. The summed E-state index contributed by atoms with van der Waals surface area (Å²) in [6.45, 7) is 0.717. The molecule has 0 spiro atoms. The number of thiophene rings is 1. The number of hydrogen-bond acceptors (Lipinski definition) is 3. The number of hydrogen-bond donors (Lipinski definition) is 2. The molecular weight excluding hydrogens is 290 g/mol. The molecule has 0 radical (unpaired) electrons. The molecule has 0 aliphatic heterocycles. The summed E-state index contributed by atoms with van der Waals surface area (Å²) in [5, 5.41) is 11.7. The average molecular weight is 300 g/mol. The van der Waals surface area contributed by atoms with Crippen LogP contribution in [0.3, 0.4) is 0 Å². The van der Waals surface area contributed by atoms with E-state index >= 15 is 0 Å². The first-order valence-corrected chi connectivity index (χ1v) is 6.19. The molecule has 2 aromatic heterocycles. The Labute approximate surface area is 105 Å². The van der Waals surface area contributed by atoms with Gasteiger partial charge in [-0.05, 0) is 40.2 Å².